The van der Waals surface area contributed by atoms with Crippen LogP contribution in [-0.4, -0.2) is 45.8 Å². The van der Waals surface area contributed by atoms with Crippen molar-refractivity contribution >= 4 is 0 Å². The van der Waals surface area contributed by atoms with Gasteiger partial charge in [-0.05, 0) is 38.5 Å². The SMILES string of the molecule is CO[C@]1(C)C[C@H](O)[C@@H](C(C)C)[C@@H](O)[C@H]2[C@H]1CC[C@]2(C)O. The summed E-state index contributed by atoms with van der Waals surface area (Å²) in [7, 11) is 1.67. The van der Waals surface area contributed by atoms with Gasteiger partial charge in [-0.2, -0.15) is 0 Å². The fourth-order valence-electron chi connectivity index (χ4n) is 4.76. The van der Waals surface area contributed by atoms with Crippen LogP contribution < -0.4 is 0 Å². The van der Waals surface area contributed by atoms with Gasteiger partial charge in [0.2, 0.25) is 0 Å². The van der Waals surface area contributed by atoms with Crippen LogP contribution in [0, 0.1) is 23.7 Å². The molecule has 0 aromatic heterocycles. The minimum Gasteiger partial charge on any atom is -0.393 e. The van der Waals surface area contributed by atoms with Crippen LogP contribution in [-0.2, 0) is 4.74 Å². The Bertz CT molecular complexity index is 354. The molecule has 7 atom stereocenters. The maximum absolute atomic E-state index is 10.8. The van der Waals surface area contributed by atoms with Gasteiger partial charge < -0.3 is 20.1 Å². The Labute approximate surface area is 122 Å². The number of ether oxygens (including phenoxy) is 1. The molecule has 0 aliphatic heterocycles. The fourth-order valence-corrected chi connectivity index (χ4v) is 4.76. The highest BCUT2D eigenvalue weighted by Gasteiger charge is 2.59. The second-order valence-electron chi connectivity index (χ2n) is 7.63. The molecule has 0 amide bonds. The predicted molar refractivity (Wildman–Crippen MR) is 77.2 cm³/mol. The van der Waals surface area contributed by atoms with Gasteiger partial charge in [-0.15, -0.1) is 0 Å². The van der Waals surface area contributed by atoms with E-state index in [2.05, 4.69) is 0 Å². The highest BCUT2D eigenvalue weighted by molar-refractivity contribution is 5.09. The van der Waals surface area contributed by atoms with E-state index in [0.717, 1.165) is 6.42 Å². The van der Waals surface area contributed by atoms with E-state index in [1.807, 2.05) is 27.7 Å². The molecule has 0 radical (unpaired) electrons. The Morgan fingerprint density at radius 2 is 1.80 bits per heavy atom. The van der Waals surface area contributed by atoms with Crippen molar-refractivity contribution in [3.63, 3.8) is 0 Å². The first-order valence-electron chi connectivity index (χ1n) is 7.77. The number of fused-ring (bicyclic) bond motifs is 1. The minimum absolute atomic E-state index is 0.0795. The average molecular weight is 286 g/mol. The fraction of sp³-hybridized carbons (Fsp3) is 1.00. The summed E-state index contributed by atoms with van der Waals surface area (Å²) in [5, 5.41) is 32.1. The molecule has 2 aliphatic rings. The van der Waals surface area contributed by atoms with E-state index in [9.17, 15) is 15.3 Å². The predicted octanol–water partition coefficient (Wildman–Crippen LogP) is 1.57. The highest BCUT2D eigenvalue weighted by atomic mass is 16.5. The van der Waals surface area contributed by atoms with Gasteiger partial charge in [-0.1, -0.05) is 13.8 Å². The molecule has 2 fully saturated rings. The number of methoxy groups -OCH3 is 1. The normalized spacial score (nSPS) is 53.0. The Hall–Kier alpha value is -0.160. The number of aliphatic hydroxyl groups excluding tert-OH is 2. The zero-order valence-electron chi connectivity index (χ0n) is 13.3. The summed E-state index contributed by atoms with van der Waals surface area (Å²) in [6, 6.07) is 0. The van der Waals surface area contributed by atoms with Crippen molar-refractivity contribution in [2.24, 2.45) is 23.7 Å². The molecule has 2 aliphatic carbocycles. The molecule has 118 valence electrons. The average Bonchev–Trinajstić information content (AvgIpc) is 2.59. The van der Waals surface area contributed by atoms with Crippen molar-refractivity contribution < 1.29 is 20.1 Å². The molecule has 0 bridgehead atoms. The van der Waals surface area contributed by atoms with E-state index >= 15 is 0 Å². The molecule has 0 aromatic rings. The van der Waals surface area contributed by atoms with Gasteiger partial charge in [0.1, 0.15) is 0 Å². The van der Waals surface area contributed by atoms with Gasteiger partial charge in [0.25, 0.3) is 0 Å². The van der Waals surface area contributed by atoms with Crippen molar-refractivity contribution in [3.05, 3.63) is 0 Å². The molecule has 2 rings (SSSR count). The van der Waals surface area contributed by atoms with E-state index in [1.165, 1.54) is 0 Å². The third kappa shape index (κ3) is 2.41. The van der Waals surface area contributed by atoms with Crippen LogP contribution in [0.4, 0.5) is 0 Å². The first kappa shape index (κ1) is 16.2. The van der Waals surface area contributed by atoms with Gasteiger partial charge >= 0.3 is 0 Å². The zero-order valence-corrected chi connectivity index (χ0v) is 13.3. The van der Waals surface area contributed by atoms with Crippen molar-refractivity contribution in [2.75, 3.05) is 7.11 Å². The summed E-state index contributed by atoms with van der Waals surface area (Å²) >= 11 is 0. The summed E-state index contributed by atoms with van der Waals surface area (Å²) < 4.78 is 5.73. The monoisotopic (exact) mass is 286 g/mol. The van der Waals surface area contributed by atoms with Crippen LogP contribution in [0.3, 0.4) is 0 Å². The molecule has 0 saturated heterocycles. The van der Waals surface area contributed by atoms with Crippen LogP contribution in [0.15, 0.2) is 0 Å². The summed E-state index contributed by atoms with van der Waals surface area (Å²) in [5.41, 5.74) is -1.38. The Morgan fingerprint density at radius 3 is 2.30 bits per heavy atom. The molecule has 0 spiro atoms. The van der Waals surface area contributed by atoms with E-state index in [4.69, 9.17) is 4.74 Å². The summed E-state index contributed by atoms with van der Waals surface area (Å²) in [6.07, 6.45) is 0.733. The van der Waals surface area contributed by atoms with Crippen molar-refractivity contribution in [3.8, 4) is 0 Å². The first-order valence-corrected chi connectivity index (χ1v) is 7.77. The van der Waals surface area contributed by atoms with Crippen LogP contribution in [0.1, 0.15) is 47.0 Å². The Balaban J connectivity index is 2.45. The maximum atomic E-state index is 10.8. The second-order valence-corrected chi connectivity index (χ2v) is 7.63. The quantitative estimate of drug-likeness (QED) is 0.720. The summed E-state index contributed by atoms with van der Waals surface area (Å²) in [6.45, 7) is 7.85. The van der Waals surface area contributed by atoms with Crippen molar-refractivity contribution in [2.45, 2.75) is 70.4 Å². The third-order valence-corrected chi connectivity index (χ3v) is 5.95. The maximum Gasteiger partial charge on any atom is 0.0708 e. The van der Waals surface area contributed by atoms with Crippen molar-refractivity contribution in [1.29, 1.82) is 0 Å². The topological polar surface area (TPSA) is 69.9 Å². The Morgan fingerprint density at radius 1 is 1.20 bits per heavy atom. The number of hydrogen-bond donors (Lipinski definition) is 3. The number of hydrogen-bond acceptors (Lipinski definition) is 4. The molecule has 0 heterocycles. The lowest BCUT2D eigenvalue weighted by Gasteiger charge is -2.40. The molecule has 0 unspecified atom stereocenters. The first-order chi connectivity index (χ1) is 9.14. The molecule has 20 heavy (non-hydrogen) atoms. The highest BCUT2D eigenvalue weighted by Crippen LogP contribution is 2.54. The second kappa shape index (κ2) is 5.24. The standard InChI is InChI=1S/C16H30O4/c1-9(2)12-11(17)8-16(4,20-5)10-6-7-15(3,19)13(10)14(12)18/h9-14,17-19H,6-8H2,1-5H3/t10-,11+,12-,13-,14-,15+,16-/m1/s1. The molecule has 4 nitrogen and oxygen atoms in total. The van der Waals surface area contributed by atoms with E-state index < -0.39 is 23.4 Å². The van der Waals surface area contributed by atoms with Crippen LogP contribution >= 0.6 is 0 Å². The molecular formula is C16H30O4. The smallest absolute Gasteiger partial charge is 0.0708 e. The van der Waals surface area contributed by atoms with Gasteiger partial charge in [-0.3, -0.25) is 0 Å². The van der Waals surface area contributed by atoms with Gasteiger partial charge in [0, 0.05) is 25.4 Å². The molecule has 4 heteroatoms. The lowest BCUT2D eigenvalue weighted by molar-refractivity contribution is -0.112. The van der Waals surface area contributed by atoms with E-state index in [-0.39, 0.29) is 23.7 Å². The molecular weight excluding hydrogens is 256 g/mol. The largest absolute Gasteiger partial charge is 0.393 e. The minimum atomic E-state index is -0.888. The number of aliphatic hydroxyl groups is 3. The third-order valence-electron chi connectivity index (χ3n) is 5.95. The summed E-state index contributed by atoms with van der Waals surface area (Å²) in [5.74, 6) is -0.215. The van der Waals surface area contributed by atoms with Crippen LogP contribution in [0.2, 0.25) is 0 Å². The van der Waals surface area contributed by atoms with Gasteiger partial charge in [0.05, 0.1) is 23.4 Å². The lowest BCUT2D eigenvalue weighted by atomic mass is 9.73. The Kier molecular flexibility index (Phi) is 4.25. The van der Waals surface area contributed by atoms with Gasteiger partial charge in [-0.25, -0.2) is 0 Å². The van der Waals surface area contributed by atoms with Gasteiger partial charge in [0.15, 0.2) is 0 Å². The van der Waals surface area contributed by atoms with E-state index in [0.29, 0.717) is 12.8 Å². The van der Waals surface area contributed by atoms with Crippen molar-refractivity contribution in [1.82, 2.24) is 0 Å². The van der Waals surface area contributed by atoms with Crippen LogP contribution in [0.25, 0.3) is 0 Å². The van der Waals surface area contributed by atoms with E-state index in [1.54, 1.807) is 7.11 Å². The lowest BCUT2D eigenvalue weighted by Crippen LogP contribution is -2.48. The summed E-state index contributed by atoms with van der Waals surface area (Å²) in [4.78, 5) is 0. The molecule has 0 aromatic carbocycles. The molecule has 2 saturated carbocycles. The van der Waals surface area contributed by atoms with Crippen LogP contribution in [0.5, 0.6) is 0 Å². The zero-order chi connectivity index (χ0) is 15.3. The molecule has 3 N–H and O–H groups in total. The number of rotatable bonds is 2.